The van der Waals surface area contributed by atoms with Crippen LogP contribution in [-0.4, -0.2) is 22.9 Å². The van der Waals surface area contributed by atoms with Gasteiger partial charge in [-0.1, -0.05) is 6.92 Å². The van der Waals surface area contributed by atoms with Gasteiger partial charge in [-0.2, -0.15) is 0 Å². The van der Waals surface area contributed by atoms with Gasteiger partial charge in [0, 0.05) is 5.92 Å². The first-order valence-electron chi connectivity index (χ1n) is 3.87. The van der Waals surface area contributed by atoms with Crippen LogP contribution < -0.4 is 0 Å². The topological polar surface area (TPSA) is 29.5 Å². The Morgan fingerprint density at radius 1 is 1.73 bits per heavy atom. The van der Waals surface area contributed by atoms with Crippen LogP contribution >= 0.6 is 11.6 Å². The Kier molecular flexibility index (Phi) is 1.71. The molecular formula is C8H11ClO2. The van der Waals surface area contributed by atoms with Crippen molar-refractivity contribution in [3.63, 3.8) is 0 Å². The fraction of sp³-hybridized carbons (Fsp3) is 0.750. The molecule has 2 rings (SSSR count). The highest BCUT2D eigenvalue weighted by Crippen LogP contribution is 2.40. The maximum atomic E-state index is 9.17. The van der Waals surface area contributed by atoms with Gasteiger partial charge < -0.3 is 9.84 Å². The molecule has 0 radical (unpaired) electrons. The molecule has 1 aliphatic heterocycles. The van der Waals surface area contributed by atoms with Crippen molar-refractivity contribution in [2.45, 2.75) is 31.1 Å². The SMILES string of the molecule is CC1C2=CC(O)OC1CC2Cl. The third-order valence-electron chi connectivity index (χ3n) is 2.53. The maximum absolute atomic E-state index is 9.17. The van der Waals surface area contributed by atoms with E-state index in [1.165, 1.54) is 0 Å². The van der Waals surface area contributed by atoms with E-state index in [-0.39, 0.29) is 11.5 Å². The molecule has 1 saturated carbocycles. The van der Waals surface area contributed by atoms with E-state index in [2.05, 4.69) is 6.92 Å². The smallest absolute Gasteiger partial charge is 0.174 e. The minimum Gasteiger partial charge on any atom is -0.365 e. The lowest BCUT2D eigenvalue weighted by atomic mass is 10.0. The third kappa shape index (κ3) is 1.10. The van der Waals surface area contributed by atoms with Crippen molar-refractivity contribution >= 4 is 11.6 Å². The van der Waals surface area contributed by atoms with Gasteiger partial charge in [-0.15, -0.1) is 11.6 Å². The molecule has 4 unspecified atom stereocenters. The van der Waals surface area contributed by atoms with Crippen molar-refractivity contribution in [3.8, 4) is 0 Å². The molecule has 2 nitrogen and oxygen atoms in total. The molecule has 0 aromatic rings. The highest BCUT2D eigenvalue weighted by molar-refractivity contribution is 6.22. The standard InChI is InChI=1S/C8H11ClO2/c1-4-5-2-8(10)11-7(4)3-6(5)9/h2,4,6-8,10H,3H2,1H3. The summed E-state index contributed by atoms with van der Waals surface area (Å²) >= 11 is 6.01. The number of hydrogen-bond donors (Lipinski definition) is 1. The summed E-state index contributed by atoms with van der Waals surface area (Å²) in [5, 5.41) is 9.24. The Hall–Kier alpha value is -0.0500. The van der Waals surface area contributed by atoms with Crippen molar-refractivity contribution < 1.29 is 9.84 Å². The second-order valence-electron chi connectivity index (χ2n) is 3.22. The summed E-state index contributed by atoms with van der Waals surface area (Å²) in [5.41, 5.74) is 1.15. The molecule has 1 N–H and O–H groups in total. The lowest BCUT2D eigenvalue weighted by Crippen LogP contribution is -2.27. The first kappa shape index (κ1) is 7.59. The third-order valence-corrected chi connectivity index (χ3v) is 2.96. The summed E-state index contributed by atoms with van der Waals surface area (Å²) in [7, 11) is 0. The molecule has 1 fully saturated rings. The number of ether oxygens (including phenoxy) is 1. The minimum absolute atomic E-state index is 0.0761. The second-order valence-corrected chi connectivity index (χ2v) is 3.75. The van der Waals surface area contributed by atoms with E-state index in [1.807, 2.05) is 0 Å². The molecule has 11 heavy (non-hydrogen) atoms. The monoisotopic (exact) mass is 174 g/mol. The summed E-state index contributed by atoms with van der Waals surface area (Å²) in [6.07, 6.45) is 1.97. The summed E-state index contributed by atoms with van der Waals surface area (Å²) in [6, 6.07) is 0. The molecule has 0 amide bonds. The lowest BCUT2D eigenvalue weighted by Gasteiger charge is -2.24. The molecule has 0 aromatic heterocycles. The first-order chi connectivity index (χ1) is 5.18. The minimum atomic E-state index is -0.727. The van der Waals surface area contributed by atoms with Crippen LogP contribution in [0.25, 0.3) is 0 Å². The molecule has 4 atom stereocenters. The van der Waals surface area contributed by atoms with E-state index in [0.29, 0.717) is 5.92 Å². The number of halogens is 1. The van der Waals surface area contributed by atoms with Crippen molar-refractivity contribution in [1.29, 1.82) is 0 Å². The van der Waals surface area contributed by atoms with Gasteiger partial charge in [0.25, 0.3) is 0 Å². The number of alkyl halides is 1. The van der Waals surface area contributed by atoms with Crippen molar-refractivity contribution in [3.05, 3.63) is 11.6 Å². The summed E-state index contributed by atoms with van der Waals surface area (Å²) in [4.78, 5) is 0. The maximum Gasteiger partial charge on any atom is 0.174 e. The van der Waals surface area contributed by atoms with Gasteiger partial charge in [-0.3, -0.25) is 0 Å². The molecule has 2 bridgehead atoms. The fourth-order valence-corrected chi connectivity index (χ4v) is 2.30. The summed E-state index contributed by atoms with van der Waals surface area (Å²) < 4.78 is 5.25. The van der Waals surface area contributed by atoms with Gasteiger partial charge in [-0.25, -0.2) is 0 Å². The Balaban J connectivity index is 2.30. The molecule has 0 aromatic carbocycles. The largest absolute Gasteiger partial charge is 0.365 e. The molecular weight excluding hydrogens is 164 g/mol. The second kappa shape index (κ2) is 2.47. The summed E-state index contributed by atoms with van der Waals surface area (Å²) in [5.74, 6) is 0.390. The number of rotatable bonds is 0. The van der Waals surface area contributed by atoms with E-state index in [4.69, 9.17) is 21.4 Å². The number of aliphatic hydroxyl groups excluding tert-OH is 1. The quantitative estimate of drug-likeness (QED) is 0.443. The normalized spacial score (nSPS) is 49.2. The average molecular weight is 175 g/mol. The van der Waals surface area contributed by atoms with Gasteiger partial charge in [0.15, 0.2) is 6.29 Å². The number of hydrogen-bond acceptors (Lipinski definition) is 2. The van der Waals surface area contributed by atoms with Crippen LogP contribution in [0.3, 0.4) is 0 Å². The van der Waals surface area contributed by atoms with Gasteiger partial charge in [0.1, 0.15) is 0 Å². The highest BCUT2D eigenvalue weighted by atomic mass is 35.5. The van der Waals surface area contributed by atoms with E-state index in [9.17, 15) is 0 Å². The predicted octanol–water partition coefficient (Wildman–Crippen LogP) is 1.28. The molecule has 1 aliphatic carbocycles. The molecule has 0 spiro atoms. The first-order valence-corrected chi connectivity index (χ1v) is 4.31. The average Bonchev–Trinajstić information content (AvgIpc) is 2.17. The molecule has 2 aliphatic rings. The fourth-order valence-electron chi connectivity index (χ4n) is 1.86. The zero-order valence-corrected chi connectivity index (χ0v) is 7.08. The van der Waals surface area contributed by atoms with E-state index >= 15 is 0 Å². The van der Waals surface area contributed by atoms with Crippen molar-refractivity contribution in [2.24, 2.45) is 5.92 Å². The molecule has 0 saturated heterocycles. The summed E-state index contributed by atoms with van der Waals surface area (Å²) in [6.45, 7) is 2.09. The van der Waals surface area contributed by atoms with Crippen LogP contribution in [0, 0.1) is 5.92 Å². The van der Waals surface area contributed by atoms with Crippen LogP contribution in [0.1, 0.15) is 13.3 Å². The van der Waals surface area contributed by atoms with Crippen LogP contribution in [-0.2, 0) is 4.74 Å². The van der Waals surface area contributed by atoms with Crippen LogP contribution in [0.15, 0.2) is 11.6 Å². The zero-order valence-electron chi connectivity index (χ0n) is 6.33. The van der Waals surface area contributed by atoms with Gasteiger partial charge in [-0.05, 0) is 18.1 Å². The molecule has 62 valence electrons. The lowest BCUT2D eigenvalue weighted by molar-refractivity contribution is -0.119. The van der Waals surface area contributed by atoms with Crippen molar-refractivity contribution in [2.75, 3.05) is 0 Å². The Labute approximate surface area is 70.8 Å². The Morgan fingerprint density at radius 2 is 2.45 bits per heavy atom. The Morgan fingerprint density at radius 3 is 3.09 bits per heavy atom. The van der Waals surface area contributed by atoms with Crippen LogP contribution in [0.2, 0.25) is 0 Å². The Bertz CT molecular complexity index is 200. The van der Waals surface area contributed by atoms with Gasteiger partial charge in [0.05, 0.1) is 11.5 Å². The van der Waals surface area contributed by atoms with Crippen LogP contribution in [0.4, 0.5) is 0 Å². The van der Waals surface area contributed by atoms with Crippen LogP contribution in [0.5, 0.6) is 0 Å². The number of fused-ring (bicyclic) bond motifs is 2. The zero-order chi connectivity index (χ0) is 8.01. The highest BCUT2D eigenvalue weighted by Gasteiger charge is 2.40. The van der Waals surface area contributed by atoms with Crippen molar-refractivity contribution in [1.82, 2.24) is 0 Å². The van der Waals surface area contributed by atoms with Gasteiger partial charge in [0.2, 0.25) is 0 Å². The number of aliphatic hydroxyl groups is 1. The van der Waals surface area contributed by atoms with E-state index < -0.39 is 6.29 Å². The molecule has 3 heteroatoms. The van der Waals surface area contributed by atoms with E-state index in [1.54, 1.807) is 6.08 Å². The van der Waals surface area contributed by atoms with Gasteiger partial charge >= 0.3 is 0 Å². The van der Waals surface area contributed by atoms with E-state index in [0.717, 1.165) is 12.0 Å². The molecule has 1 heterocycles. The predicted molar refractivity (Wildman–Crippen MR) is 42.4 cm³/mol.